The van der Waals surface area contributed by atoms with Gasteiger partial charge in [0.15, 0.2) is 5.78 Å². The zero-order valence-corrected chi connectivity index (χ0v) is 18.6. The van der Waals surface area contributed by atoms with E-state index in [0.29, 0.717) is 16.9 Å². The maximum absolute atomic E-state index is 13.2. The van der Waals surface area contributed by atoms with Crippen LogP contribution in [0.5, 0.6) is 5.75 Å². The Morgan fingerprint density at radius 3 is 1.96 bits per heavy atom. The van der Waals surface area contributed by atoms with Gasteiger partial charge >= 0.3 is 0 Å². The minimum atomic E-state index is -0.262. The number of hydrogen-bond donors (Lipinski definition) is 2. The Kier molecular flexibility index (Phi) is 6.20. The van der Waals surface area contributed by atoms with Crippen LogP contribution in [0.3, 0.4) is 0 Å². The second-order valence-electron chi connectivity index (χ2n) is 9.38. The quantitative estimate of drug-likeness (QED) is 0.480. The summed E-state index contributed by atoms with van der Waals surface area (Å²) in [5.41, 5.74) is 2.33. The molecule has 0 unspecified atom stereocenters. The number of aromatic hydroxyl groups is 1. The number of carbonyl (C=O) groups excluding carboxylic acids is 1. The summed E-state index contributed by atoms with van der Waals surface area (Å²) < 4.78 is 2.02. The summed E-state index contributed by atoms with van der Waals surface area (Å²) in [4.78, 5) is 13.2. The molecule has 0 radical (unpaired) electrons. The first-order chi connectivity index (χ1) is 12.4. The normalized spacial score (nSPS) is 12.4. The molecule has 2 aromatic rings. The molecule has 3 nitrogen and oxygen atoms in total. The minimum Gasteiger partial charge on any atom is -0.507 e. The zero-order valence-electron chi connectivity index (χ0n) is 17.7. The first kappa shape index (κ1) is 21.6. The lowest BCUT2D eigenvalue weighted by atomic mass is 9.78. The van der Waals surface area contributed by atoms with Crippen LogP contribution >= 0.6 is 12.6 Å². The number of aromatic nitrogens is 1. The third-order valence-corrected chi connectivity index (χ3v) is 5.26. The van der Waals surface area contributed by atoms with Crippen molar-refractivity contribution >= 4 is 18.4 Å². The van der Waals surface area contributed by atoms with Crippen LogP contribution in [0.1, 0.15) is 88.4 Å². The number of aryl methyl sites for hydroxylation is 1. The van der Waals surface area contributed by atoms with Crippen molar-refractivity contribution in [2.45, 2.75) is 83.7 Å². The van der Waals surface area contributed by atoms with Gasteiger partial charge in [-0.25, -0.2) is 0 Å². The van der Waals surface area contributed by atoms with Gasteiger partial charge < -0.3 is 9.67 Å². The number of phenols is 1. The molecule has 1 N–H and O–H groups in total. The molecule has 0 atom stereocenters. The highest BCUT2D eigenvalue weighted by Gasteiger charge is 2.28. The van der Waals surface area contributed by atoms with E-state index in [4.69, 9.17) is 0 Å². The molecule has 0 aliphatic rings. The van der Waals surface area contributed by atoms with E-state index in [1.807, 2.05) is 29.0 Å². The summed E-state index contributed by atoms with van der Waals surface area (Å²) in [5, 5.41) is 11.7. The van der Waals surface area contributed by atoms with Crippen molar-refractivity contribution in [3.63, 3.8) is 0 Å². The van der Waals surface area contributed by atoms with E-state index in [2.05, 4.69) is 61.1 Å². The number of phenolic OH excluding ortho intramolecular Hbond substituents is 1. The third-order valence-electron chi connectivity index (χ3n) is 4.88. The van der Waals surface area contributed by atoms with Crippen LogP contribution in [0.2, 0.25) is 0 Å². The fourth-order valence-electron chi connectivity index (χ4n) is 3.20. The smallest absolute Gasteiger partial charge is 0.194 e. The lowest BCUT2D eigenvalue weighted by Crippen LogP contribution is -2.19. The second-order valence-corrected chi connectivity index (χ2v) is 9.84. The summed E-state index contributed by atoms with van der Waals surface area (Å²) in [6.07, 6.45) is 4.04. The standard InChI is InChI=1S/C23H33NO2S/c1-8-9-10-24-14-16(13-19(24)27)20(25)15-11-17(22(2,3)4)21(26)18(12-15)23(5,6)7/h11-14,26-27H,8-10H2,1-7H3. The van der Waals surface area contributed by atoms with E-state index in [1.165, 1.54) is 0 Å². The molecular weight excluding hydrogens is 354 g/mol. The Bertz CT molecular complexity index is 800. The zero-order chi connectivity index (χ0) is 20.6. The molecule has 4 heteroatoms. The van der Waals surface area contributed by atoms with Crippen molar-refractivity contribution in [3.8, 4) is 5.75 Å². The van der Waals surface area contributed by atoms with E-state index in [-0.39, 0.29) is 16.6 Å². The van der Waals surface area contributed by atoms with Gasteiger partial charge in [-0.2, -0.15) is 0 Å². The van der Waals surface area contributed by atoms with Crippen LogP contribution in [0, 0.1) is 0 Å². The van der Waals surface area contributed by atoms with Gasteiger partial charge in [-0.05, 0) is 35.4 Å². The fraction of sp³-hybridized carbons (Fsp3) is 0.522. The van der Waals surface area contributed by atoms with Gasteiger partial charge in [0.25, 0.3) is 0 Å². The Hall–Kier alpha value is -1.68. The topological polar surface area (TPSA) is 42.2 Å². The minimum absolute atomic E-state index is 0.0310. The molecule has 148 valence electrons. The Morgan fingerprint density at radius 2 is 1.52 bits per heavy atom. The predicted octanol–water partition coefficient (Wildman–Crippen LogP) is 6.11. The molecule has 0 fully saturated rings. The molecule has 1 aromatic heterocycles. The number of thiol groups is 1. The highest BCUT2D eigenvalue weighted by atomic mass is 32.1. The fourth-order valence-corrected chi connectivity index (χ4v) is 3.50. The summed E-state index contributed by atoms with van der Waals surface area (Å²) in [6, 6.07) is 5.52. The largest absolute Gasteiger partial charge is 0.507 e. The van der Waals surface area contributed by atoms with Crippen LogP contribution in [0.4, 0.5) is 0 Å². The van der Waals surface area contributed by atoms with E-state index in [1.54, 1.807) is 0 Å². The molecule has 0 spiro atoms. The highest BCUT2D eigenvalue weighted by Crippen LogP contribution is 2.40. The lowest BCUT2D eigenvalue weighted by Gasteiger charge is -2.28. The van der Waals surface area contributed by atoms with Crippen LogP contribution < -0.4 is 0 Å². The Morgan fingerprint density at radius 1 is 1.00 bits per heavy atom. The number of nitrogens with zero attached hydrogens (tertiary/aromatic N) is 1. The SMILES string of the molecule is CCCCn1cc(C(=O)c2cc(C(C)(C)C)c(O)c(C(C)(C)C)c2)cc1S. The van der Waals surface area contributed by atoms with Crippen molar-refractivity contribution in [2.24, 2.45) is 0 Å². The van der Waals surface area contributed by atoms with Crippen molar-refractivity contribution in [1.82, 2.24) is 4.57 Å². The number of carbonyl (C=O) groups is 1. The Balaban J connectivity index is 2.56. The predicted molar refractivity (Wildman–Crippen MR) is 116 cm³/mol. The van der Waals surface area contributed by atoms with Crippen LogP contribution in [0.25, 0.3) is 0 Å². The number of unbranched alkanes of at least 4 members (excludes halogenated alkanes) is 1. The van der Waals surface area contributed by atoms with Crippen molar-refractivity contribution in [1.29, 1.82) is 0 Å². The van der Waals surface area contributed by atoms with Crippen molar-refractivity contribution in [3.05, 3.63) is 46.6 Å². The van der Waals surface area contributed by atoms with Gasteiger partial charge in [0.1, 0.15) is 5.75 Å². The number of rotatable bonds is 5. The molecule has 1 aromatic carbocycles. The lowest BCUT2D eigenvalue weighted by molar-refractivity contribution is 0.103. The molecule has 0 bridgehead atoms. The number of hydrogen-bond acceptors (Lipinski definition) is 3. The molecule has 2 rings (SSSR count). The average molecular weight is 388 g/mol. The Labute approximate surface area is 169 Å². The third kappa shape index (κ3) is 4.78. The van der Waals surface area contributed by atoms with Gasteiger partial charge in [0, 0.05) is 35.0 Å². The summed E-state index contributed by atoms with van der Waals surface area (Å²) in [5.74, 6) is 0.262. The van der Waals surface area contributed by atoms with E-state index in [9.17, 15) is 9.90 Å². The van der Waals surface area contributed by atoms with Gasteiger partial charge in [-0.15, -0.1) is 12.6 Å². The maximum atomic E-state index is 13.2. The first-order valence-corrected chi connectivity index (χ1v) is 10.1. The summed E-state index contributed by atoms with van der Waals surface area (Å²) >= 11 is 4.52. The maximum Gasteiger partial charge on any atom is 0.194 e. The monoisotopic (exact) mass is 387 g/mol. The van der Waals surface area contributed by atoms with Crippen molar-refractivity contribution < 1.29 is 9.90 Å². The molecular formula is C23H33NO2S. The number of benzene rings is 1. The van der Waals surface area contributed by atoms with Crippen LogP contribution in [-0.4, -0.2) is 15.5 Å². The van der Waals surface area contributed by atoms with Gasteiger partial charge in [-0.3, -0.25) is 4.79 Å². The molecule has 0 aliphatic heterocycles. The molecule has 0 aliphatic carbocycles. The molecule has 0 amide bonds. The molecule has 0 saturated heterocycles. The molecule has 27 heavy (non-hydrogen) atoms. The van der Waals surface area contributed by atoms with E-state index >= 15 is 0 Å². The second kappa shape index (κ2) is 7.75. The van der Waals surface area contributed by atoms with Gasteiger partial charge in [-0.1, -0.05) is 54.9 Å². The molecule has 1 heterocycles. The average Bonchev–Trinajstić information content (AvgIpc) is 2.91. The van der Waals surface area contributed by atoms with Crippen LogP contribution in [0.15, 0.2) is 29.4 Å². The number of ketones is 1. The first-order valence-electron chi connectivity index (χ1n) is 9.68. The van der Waals surface area contributed by atoms with Crippen LogP contribution in [-0.2, 0) is 17.4 Å². The van der Waals surface area contributed by atoms with Gasteiger partial charge in [0.2, 0.25) is 0 Å². The van der Waals surface area contributed by atoms with E-state index in [0.717, 1.165) is 35.5 Å². The summed E-state index contributed by atoms with van der Waals surface area (Å²) in [6.45, 7) is 15.3. The van der Waals surface area contributed by atoms with Gasteiger partial charge in [0.05, 0.1) is 5.03 Å². The summed E-state index contributed by atoms with van der Waals surface area (Å²) in [7, 11) is 0. The highest BCUT2D eigenvalue weighted by molar-refractivity contribution is 7.80. The van der Waals surface area contributed by atoms with Crippen molar-refractivity contribution in [2.75, 3.05) is 0 Å². The van der Waals surface area contributed by atoms with E-state index < -0.39 is 0 Å². The molecule has 0 saturated carbocycles.